The molecule has 0 aliphatic carbocycles. The van der Waals surface area contributed by atoms with Gasteiger partial charge in [0.25, 0.3) is 5.91 Å². The molecule has 0 heterocycles. The number of hydrogen-bond donors (Lipinski definition) is 1. The van der Waals surface area contributed by atoms with Gasteiger partial charge in [-0.15, -0.1) is 11.8 Å². The number of ether oxygens (including phenoxy) is 1. The van der Waals surface area contributed by atoms with Crippen LogP contribution in [0.2, 0.25) is 0 Å². The van der Waals surface area contributed by atoms with E-state index in [1.807, 2.05) is 42.5 Å². The lowest BCUT2D eigenvalue weighted by Gasteiger charge is -2.13. The molecule has 0 saturated carbocycles. The molecule has 142 valence electrons. The molecule has 0 atom stereocenters. The smallest absolute Gasteiger partial charge is 0.338 e. The number of rotatable bonds is 6. The Morgan fingerprint density at radius 1 is 0.893 bits per heavy atom. The number of benzene rings is 3. The fraction of sp³-hybridized carbons (Fsp3) is 0.130. The maximum atomic E-state index is 12.9. The van der Waals surface area contributed by atoms with E-state index >= 15 is 0 Å². The first-order chi connectivity index (χ1) is 13.6. The summed E-state index contributed by atoms with van der Waals surface area (Å²) in [5.74, 6) is 0.149. The van der Waals surface area contributed by atoms with Gasteiger partial charge < -0.3 is 10.1 Å². The molecule has 0 fully saturated rings. The van der Waals surface area contributed by atoms with Crippen LogP contribution >= 0.6 is 11.8 Å². The third kappa shape index (κ3) is 4.61. The Labute approximate surface area is 168 Å². The van der Waals surface area contributed by atoms with Gasteiger partial charge in [0.1, 0.15) is 0 Å². The molecular formula is C23H21NO3S. The predicted octanol–water partition coefficient (Wildman–Crippen LogP) is 5.33. The second kappa shape index (κ2) is 9.24. The first-order valence-electron chi connectivity index (χ1n) is 8.85. The van der Waals surface area contributed by atoms with Crippen LogP contribution in [0.1, 0.15) is 31.8 Å². The number of amides is 1. The van der Waals surface area contributed by atoms with Gasteiger partial charge in [0.2, 0.25) is 0 Å². The van der Waals surface area contributed by atoms with E-state index in [9.17, 15) is 9.59 Å². The van der Waals surface area contributed by atoms with Gasteiger partial charge in [0.15, 0.2) is 0 Å². The largest absolute Gasteiger partial charge is 0.465 e. The van der Waals surface area contributed by atoms with Crippen molar-refractivity contribution < 1.29 is 14.3 Å². The fourth-order valence-corrected chi connectivity index (χ4v) is 3.81. The minimum Gasteiger partial charge on any atom is -0.465 e. The van der Waals surface area contributed by atoms with Crippen LogP contribution in [0, 0.1) is 6.92 Å². The van der Waals surface area contributed by atoms with Crippen molar-refractivity contribution in [3.63, 3.8) is 0 Å². The molecule has 5 heteroatoms. The summed E-state index contributed by atoms with van der Waals surface area (Å²) in [6.45, 7) is 1.79. The lowest BCUT2D eigenvalue weighted by molar-refractivity contribution is 0.0599. The van der Waals surface area contributed by atoms with Crippen molar-refractivity contribution in [2.45, 2.75) is 17.6 Å². The summed E-state index contributed by atoms with van der Waals surface area (Å²) >= 11 is 1.62. The van der Waals surface area contributed by atoms with Gasteiger partial charge in [-0.3, -0.25) is 4.79 Å². The molecule has 3 aromatic rings. The molecular weight excluding hydrogens is 370 g/mol. The molecule has 0 bridgehead atoms. The van der Waals surface area contributed by atoms with Crippen molar-refractivity contribution in [1.82, 2.24) is 0 Å². The zero-order chi connectivity index (χ0) is 19.9. The number of nitrogens with one attached hydrogen (secondary N) is 1. The van der Waals surface area contributed by atoms with Gasteiger partial charge in [-0.1, -0.05) is 48.5 Å². The molecule has 4 nitrogen and oxygen atoms in total. The third-order valence-electron chi connectivity index (χ3n) is 4.36. The van der Waals surface area contributed by atoms with Crippen LogP contribution in [0.25, 0.3) is 0 Å². The van der Waals surface area contributed by atoms with Crippen LogP contribution in [0.4, 0.5) is 5.69 Å². The Kier molecular flexibility index (Phi) is 6.50. The number of esters is 1. The lowest BCUT2D eigenvalue weighted by Crippen LogP contribution is -2.15. The SMILES string of the molecule is COC(=O)c1cccc(NC(=O)c2ccccc2SCc2ccccc2)c1C. The zero-order valence-electron chi connectivity index (χ0n) is 15.8. The molecule has 3 rings (SSSR count). The van der Waals surface area contributed by atoms with Crippen molar-refractivity contribution in [2.24, 2.45) is 0 Å². The molecule has 0 aliphatic heterocycles. The first kappa shape index (κ1) is 19.7. The predicted molar refractivity (Wildman–Crippen MR) is 113 cm³/mol. The summed E-state index contributed by atoms with van der Waals surface area (Å²) in [7, 11) is 1.34. The number of hydrogen-bond acceptors (Lipinski definition) is 4. The van der Waals surface area contributed by atoms with E-state index in [0.717, 1.165) is 10.6 Å². The Hall–Kier alpha value is -3.05. The molecule has 0 aromatic heterocycles. The second-order valence-corrected chi connectivity index (χ2v) is 7.21. The average molecular weight is 391 g/mol. The Morgan fingerprint density at radius 3 is 2.32 bits per heavy atom. The molecule has 0 aliphatic rings. The normalized spacial score (nSPS) is 10.4. The molecule has 0 spiro atoms. The fourth-order valence-electron chi connectivity index (χ4n) is 2.81. The summed E-state index contributed by atoms with van der Waals surface area (Å²) < 4.78 is 4.80. The van der Waals surface area contributed by atoms with Crippen molar-refractivity contribution in [1.29, 1.82) is 0 Å². The Morgan fingerprint density at radius 2 is 1.57 bits per heavy atom. The highest BCUT2D eigenvalue weighted by atomic mass is 32.2. The summed E-state index contributed by atoms with van der Waals surface area (Å²) in [6, 6.07) is 22.8. The molecule has 1 amide bonds. The standard InChI is InChI=1S/C23H21NO3S/c1-16-18(23(26)27-2)12-8-13-20(16)24-22(25)19-11-6-7-14-21(19)28-15-17-9-4-3-5-10-17/h3-14H,15H2,1-2H3,(H,24,25). The van der Waals surface area contributed by atoms with Crippen LogP contribution in [0.15, 0.2) is 77.7 Å². The first-order valence-corrected chi connectivity index (χ1v) is 9.83. The number of carbonyl (C=O) groups excluding carboxylic acids is 2. The third-order valence-corrected chi connectivity index (χ3v) is 5.50. The van der Waals surface area contributed by atoms with Gasteiger partial charge >= 0.3 is 5.97 Å². The monoisotopic (exact) mass is 391 g/mol. The Balaban J connectivity index is 1.79. The highest BCUT2D eigenvalue weighted by Crippen LogP contribution is 2.28. The topological polar surface area (TPSA) is 55.4 Å². The van der Waals surface area contributed by atoms with E-state index in [0.29, 0.717) is 22.4 Å². The van der Waals surface area contributed by atoms with Gasteiger partial charge in [-0.25, -0.2) is 4.79 Å². The van der Waals surface area contributed by atoms with E-state index in [1.165, 1.54) is 12.7 Å². The van der Waals surface area contributed by atoms with Crippen molar-refractivity contribution in [2.75, 3.05) is 12.4 Å². The average Bonchev–Trinajstić information content (AvgIpc) is 2.74. The highest BCUT2D eigenvalue weighted by molar-refractivity contribution is 7.98. The summed E-state index contributed by atoms with van der Waals surface area (Å²) in [5, 5.41) is 2.92. The van der Waals surface area contributed by atoms with E-state index in [1.54, 1.807) is 36.9 Å². The van der Waals surface area contributed by atoms with Gasteiger partial charge in [0.05, 0.1) is 18.2 Å². The van der Waals surface area contributed by atoms with Crippen LogP contribution in [0.5, 0.6) is 0 Å². The van der Waals surface area contributed by atoms with Crippen LogP contribution < -0.4 is 5.32 Å². The van der Waals surface area contributed by atoms with Crippen molar-refractivity contribution >= 4 is 29.3 Å². The van der Waals surface area contributed by atoms with Crippen LogP contribution in [-0.2, 0) is 10.5 Å². The number of methoxy groups -OCH3 is 1. The van der Waals surface area contributed by atoms with Crippen molar-refractivity contribution in [3.05, 3.63) is 95.1 Å². The quantitative estimate of drug-likeness (QED) is 0.456. The maximum Gasteiger partial charge on any atom is 0.338 e. The Bertz CT molecular complexity index is 986. The van der Waals surface area contributed by atoms with Crippen LogP contribution in [0.3, 0.4) is 0 Å². The van der Waals surface area contributed by atoms with E-state index in [2.05, 4.69) is 17.4 Å². The summed E-state index contributed by atoms with van der Waals surface area (Å²) in [4.78, 5) is 25.7. The minimum atomic E-state index is -0.424. The summed E-state index contributed by atoms with van der Waals surface area (Å²) in [6.07, 6.45) is 0. The number of carbonyl (C=O) groups is 2. The zero-order valence-corrected chi connectivity index (χ0v) is 16.6. The van der Waals surface area contributed by atoms with E-state index in [-0.39, 0.29) is 5.91 Å². The summed E-state index contributed by atoms with van der Waals surface area (Å²) in [5.41, 5.74) is 3.51. The van der Waals surface area contributed by atoms with Gasteiger partial charge in [-0.05, 0) is 42.3 Å². The van der Waals surface area contributed by atoms with Gasteiger partial charge in [0, 0.05) is 16.3 Å². The lowest BCUT2D eigenvalue weighted by atomic mass is 10.1. The molecule has 0 saturated heterocycles. The maximum absolute atomic E-state index is 12.9. The number of thioether (sulfide) groups is 1. The molecule has 3 aromatic carbocycles. The highest BCUT2D eigenvalue weighted by Gasteiger charge is 2.16. The minimum absolute atomic E-state index is 0.207. The van der Waals surface area contributed by atoms with Gasteiger partial charge in [-0.2, -0.15) is 0 Å². The van der Waals surface area contributed by atoms with E-state index < -0.39 is 5.97 Å². The second-order valence-electron chi connectivity index (χ2n) is 6.19. The number of anilines is 1. The molecule has 0 radical (unpaired) electrons. The van der Waals surface area contributed by atoms with Crippen molar-refractivity contribution in [3.8, 4) is 0 Å². The molecule has 0 unspecified atom stereocenters. The molecule has 1 N–H and O–H groups in total. The van der Waals surface area contributed by atoms with Crippen LogP contribution in [-0.4, -0.2) is 19.0 Å². The molecule has 28 heavy (non-hydrogen) atoms. The van der Waals surface area contributed by atoms with E-state index in [4.69, 9.17) is 4.74 Å².